The summed E-state index contributed by atoms with van der Waals surface area (Å²) in [5, 5.41) is 0. The topological polar surface area (TPSA) is 54.0 Å². The number of hydrogen-bond acceptors (Lipinski definition) is 5. The van der Waals surface area contributed by atoms with Gasteiger partial charge in [0.25, 0.3) is 0 Å². The van der Waals surface area contributed by atoms with Crippen LogP contribution in [0.3, 0.4) is 0 Å². The van der Waals surface area contributed by atoms with Gasteiger partial charge in [-0.1, -0.05) is 0 Å². The molecular weight excluding hydrogens is 272 g/mol. The van der Waals surface area contributed by atoms with E-state index in [2.05, 4.69) is 4.74 Å². The van der Waals surface area contributed by atoms with Crippen LogP contribution in [0.5, 0.6) is 17.2 Å². The molecule has 1 aromatic rings. The maximum absolute atomic E-state index is 11.4. The van der Waals surface area contributed by atoms with E-state index in [1.54, 1.807) is 19.1 Å². The highest BCUT2D eigenvalue weighted by atomic mass is 35.5. The minimum atomic E-state index is -0.731. The van der Waals surface area contributed by atoms with Crippen LogP contribution in [0.25, 0.3) is 0 Å². The molecule has 19 heavy (non-hydrogen) atoms. The number of methoxy groups -OCH3 is 3. The van der Waals surface area contributed by atoms with Crippen LogP contribution in [0, 0.1) is 0 Å². The number of carbonyl (C=O) groups excluding carboxylic acids is 1. The Balaban J connectivity index is 3.08. The summed E-state index contributed by atoms with van der Waals surface area (Å²) < 4.78 is 20.5. The number of halogens is 1. The van der Waals surface area contributed by atoms with Crippen LogP contribution in [-0.4, -0.2) is 33.4 Å². The molecule has 1 unspecified atom stereocenters. The zero-order valence-corrected chi connectivity index (χ0v) is 12.1. The average molecular weight is 289 g/mol. The molecule has 0 aliphatic carbocycles. The first-order chi connectivity index (χ1) is 9.07. The van der Waals surface area contributed by atoms with Crippen LogP contribution in [-0.2, 0) is 15.4 Å². The highest BCUT2D eigenvalue weighted by Gasteiger charge is 2.18. The minimum absolute atomic E-state index is 0.226. The Morgan fingerprint density at radius 2 is 1.74 bits per heavy atom. The molecule has 6 heteroatoms. The van der Waals surface area contributed by atoms with Crippen LogP contribution in [0.1, 0.15) is 12.5 Å². The zero-order valence-electron chi connectivity index (χ0n) is 11.4. The van der Waals surface area contributed by atoms with Crippen molar-refractivity contribution in [1.82, 2.24) is 0 Å². The molecule has 0 bridgehead atoms. The molecule has 1 aromatic carbocycles. The van der Waals surface area contributed by atoms with E-state index in [1.807, 2.05) is 0 Å². The van der Waals surface area contributed by atoms with E-state index in [-0.39, 0.29) is 5.88 Å². The third-order valence-corrected chi connectivity index (χ3v) is 2.84. The predicted molar refractivity (Wildman–Crippen MR) is 71.2 cm³/mol. The maximum atomic E-state index is 11.4. The van der Waals surface area contributed by atoms with Crippen LogP contribution in [0.2, 0.25) is 0 Å². The number of rotatable bonds is 6. The molecule has 0 spiro atoms. The second kappa shape index (κ2) is 7.09. The second-order valence-electron chi connectivity index (χ2n) is 3.73. The summed E-state index contributed by atoms with van der Waals surface area (Å²) in [6.45, 7) is 1.60. The number of alkyl halides is 1. The van der Waals surface area contributed by atoms with Gasteiger partial charge in [-0.15, -0.1) is 11.6 Å². The molecule has 0 N–H and O–H groups in total. The first-order valence-electron chi connectivity index (χ1n) is 5.62. The molecule has 0 aliphatic rings. The van der Waals surface area contributed by atoms with Crippen molar-refractivity contribution >= 4 is 17.6 Å². The smallest absolute Gasteiger partial charge is 0.346 e. The van der Waals surface area contributed by atoms with Gasteiger partial charge in [0, 0.05) is 11.6 Å². The molecule has 0 fully saturated rings. The summed E-state index contributed by atoms with van der Waals surface area (Å²) in [7, 11) is 4.36. The van der Waals surface area contributed by atoms with Gasteiger partial charge in [0.05, 0.1) is 27.2 Å². The second-order valence-corrected chi connectivity index (χ2v) is 4.00. The lowest BCUT2D eigenvalue weighted by Gasteiger charge is -2.17. The molecular formula is C13H17ClO5. The molecule has 0 aromatic heterocycles. The fraction of sp³-hybridized carbons (Fsp3) is 0.462. The van der Waals surface area contributed by atoms with Gasteiger partial charge in [-0.2, -0.15) is 0 Å². The van der Waals surface area contributed by atoms with Crippen LogP contribution in [0.4, 0.5) is 0 Å². The van der Waals surface area contributed by atoms with Crippen molar-refractivity contribution in [2.75, 3.05) is 21.3 Å². The van der Waals surface area contributed by atoms with Crippen molar-refractivity contribution in [3.8, 4) is 17.2 Å². The maximum Gasteiger partial charge on any atom is 0.346 e. The first kappa shape index (κ1) is 15.4. The van der Waals surface area contributed by atoms with E-state index < -0.39 is 12.1 Å². The fourth-order valence-electron chi connectivity index (χ4n) is 1.52. The third kappa shape index (κ3) is 3.67. The minimum Gasteiger partial charge on any atom is -0.493 e. The summed E-state index contributed by atoms with van der Waals surface area (Å²) in [4.78, 5) is 11.4. The van der Waals surface area contributed by atoms with Crippen molar-refractivity contribution < 1.29 is 23.7 Å². The average Bonchev–Trinajstić information content (AvgIpc) is 2.45. The Labute approximate surface area is 117 Å². The summed E-state index contributed by atoms with van der Waals surface area (Å²) in [5.41, 5.74) is 0.704. The van der Waals surface area contributed by atoms with Crippen molar-refractivity contribution in [3.05, 3.63) is 17.7 Å². The molecule has 0 saturated carbocycles. The molecule has 5 nitrogen and oxygen atoms in total. The fourth-order valence-corrected chi connectivity index (χ4v) is 1.73. The summed E-state index contributed by atoms with van der Waals surface area (Å²) >= 11 is 5.86. The first-order valence-corrected chi connectivity index (χ1v) is 6.16. The van der Waals surface area contributed by atoms with Gasteiger partial charge in [-0.3, -0.25) is 0 Å². The monoisotopic (exact) mass is 288 g/mol. The highest BCUT2D eigenvalue weighted by Crippen LogP contribution is 2.35. The molecule has 0 radical (unpaired) electrons. The predicted octanol–water partition coefficient (Wildman–Crippen LogP) is 2.38. The molecule has 0 amide bonds. The van der Waals surface area contributed by atoms with E-state index >= 15 is 0 Å². The summed E-state index contributed by atoms with van der Waals surface area (Å²) in [6, 6.07) is 3.35. The molecule has 106 valence electrons. The Bertz CT molecular complexity index is 447. The van der Waals surface area contributed by atoms with Crippen LogP contribution >= 0.6 is 11.6 Å². The van der Waals surface area contributed by atoms with Crippen molar-refractivity contribution in [3.63, 3.8) is 0 Å². The number of carbonyl (C=O) groups is 1. The molecule has 0 saturated heterocycles. The van der Waals surface area contributed by atoms with E-state index in [4.69, 9.17) is 25.8 Å². The van der Waals surface area contributed by atoms with Crippen molar-refractivity contribution in [2.24, 2.45) is 0 Å². The number of ether oxygens (including phenoxy) is 4. The number of benzene rings is 1. The number of hydrogen-bond donors (Lipinski definition) is 0. The van der Waals surface area contributed by atoms with E-state index in [0.717, 1.165) is 0 Å². The van der Waals surface area contributed by atoms with Gasteiger partial charge < -0.3 is 18.9 Å². The van der Waals surface area contributed by atoms with E-state index in [9.17, 15) is 4.79 Å². The van der Waals surface area contributed by atoms with Gasteiger partial charge in [0.1, 0.15) is 5.75 Å². The summed E-state index contributed by atoms with van der Waals surface area (Å²) in [6.07, 6.45) is -0.731. The summed E-state index contributed by atoms with van der Waals surface area (Å²) in [5.74, 6) is 1.28. The Kier molecular flexibility index (Phi) is 5.76. The Morgan fingerprint density at radius 3 is 2.21 bits per heavy atom. The van der Waals surface area contributed by atoms with Gasteiger partial charge in [0.2, 0.25) is 0 Å². The zero-order chi connectivity index (χ0) is 14.4. The van der Waals surface area contributed by atoms with E-state index in [0.29, 0.717) is 22.8 Å². The third-order valence-electron chi connectivity index (χ3n) is 2.55. The molecule has 0 aliphatic heterocycles. The van der Waals surface area contributed by atoms with Crippen molar-refractivity contribution in [1.29, 1.82) is 0 Å². The Morgan fingerprint density at radius 1 is 1.16 bits per heavy atom. The van der Waals surface area contributed by atoms with Gasteiger partial charge >= 0.3 is 5.97 Å². The van der Waals surface area contributed by atoms with Crippen molar-refractivity contribution in [2.45, 2.75) is 18.9 Å². The lowest BCUT2D eigenvalue weighted by Crippen LogP contribution is -2.25. The van der Waals surface area contributed by atoms with Gasteiger partial charge in [-0.25, -0.2) is 4.79 Å². The Hall–Kier alpha value is -1.62. The quantitative estimate of drug-likeness (QED) is 0.594. The van der Waals surface area contributed by atoms with Crippen LogP contribution < -0.4 is 14.2 Å². The number of esters is 1. The van der Waals surface area contributed by atoms with Gasteiger partial charge in [-0.05, 0) is 13.0 Å². The highest BCUT2D eigenvalue weighted by molar-refractivity contribution is 6.17. The SMILES string of the molecule is COC(=O)C(C)Oc1cc(OC)c(OC)cc1CCl. The normalized spacial score (nSPS) is 11.6. The standard InChI is InChI=1S/C13H17ClO5/c1-8(13(15)18-4)19-10-6-12(17-3)11(16-2)5-9(10)7-14/h5-6,8H,7H2,1-4H3. The largest absolute Gasteiger partial charge is 0.493 e. The molecule has 1 atom stereocenters. The van der Waals surface area contributed by atoms with Crippen LogP contribution in [0.15, 0.2) is 12.1 Å². The molecule has 1 rings (SSSR count). The van der Waals surface area contributed by atoms with E-state index in [1.165, 1.54) is 21.3 Å². The lowest BCUT2D eigenvalue weighted by molar-refractivity contribution is -0.147. The lowest BCUT2D eigenvalue weighted by atomic mass is 10.2. The molecule has 0 heterocycles. The van der Waals surface area contributed by atoms with Gasteiger partial charge in [0.15, 0.2) is 17.6 Å².